The lowest BCUT2D eigenvalue weighted by atomic mass is 9.65. The number of hydrogen-bond donors (Lipinski definition) is 1. The van der Waals surface area contributed by atoms with Crippen LogP contribution in [0.15, 0.2) is 79.9 Å². The second-order valence-corrected chi connectivity index (χ2v) is 12.0. The molecule has 2 unspecified atom stereocenters. The fourth-order valence-corrected chi connectivity index (χ4v) is 7.92. The number of likely N-dealkylation sites (tertiary alicyclic amines) is 1. The largest absolute Gasteiger partial charge is 0.461 e. The summed E-state index contributed by atoms with van der Waals surface area (Å²) in [6, 6.07) is 15.0. The third-order valence-corrected chi connectivity index (χ3v) is 10.0. The van der Waals surface area contributed by atoms with E-state index in [1.54, 1.807) is 11.0 Å². The van der Waals surface area contributed by atoms with E-state index >= 15 is 4.79 Å². The smallest absolute Gasteiger partial charge is 0.313 e. The second kappa shape index (κ2) is 13.2. The molecule has 0 aromatic heterocycles. The van der Waals surface area contributed by atoms with Gasteiger partial charge in [0.25, 0.3) is 5.91 Å². The minimum absolute atomic E-state index is 0.00892. The fourth-order valence-electron chi connectivity index (χ4n) is 7.92. The third-order valence-electron chi connectivity index (χ3n) is 10.0. The standard InChI is InChI=1S/C36H45N3O6/c1-6-22-38(27-18-16-26(17-19-27)37(9-4)10-5)33(42)31-36-21-20-35(8-3,45-36)30(34(43)44-23-7-2)29(36)32(41)39(31)28(24-40)25-14-12-11-13-15-25/h6-7,11-19,28-31,40H,1-2,8-10,20-24H2,3-5H3/t28-,29+,30-,31?,35+,36?/m1/s1. The van der Waals surface area contributed by atoms with Crippen LogP contribution in [0.2, 0.25) is 0 Å². The number of hydrogen-bond acceptors (Lipinski definition) is 7. The average molecular weight is 616 g/mol. The van der Waals surface area contributed by atoms with Gasteiger partial charge in [0, 0.05) is 31.0 Å². The highest BCUT2D eigenvalue weighted by Crippen LogP contribution is 2.65. The number of carbonyl (C=O) groups is 3. The first-order valence-corrected chi connectivity index (χ1v) is 16.0. The Morgan fingerprint density at radius 1 is 1.04 bits per heavy atom. The molecule has 2 bridgehead atoms. The topological polar surface area (TPSA) is 99.6 Å². The molecular weight excluding hydrogens is 570 g/mol. The van der Waals surface area contributed by atoms with Gasteiger partial charge >= 0.3 is 5.97 Å². The Balaban J connectivity index is 1.64. The summed E-state index contributed by atoms with van der Waals surface area (Å²) < 4.78 is 12.4. The zero-order valence-electron chi connectivity index (χ0n) is 26.6. The summed E-state index contributed by atoms with van der Waals surface area (Å²) in [4.78, 5) is 48.7. The normalized spacial score (nSPS) is 27.2. The van der Waals surface area contributed by atoms with Gasteiger partial charge in [-0.1, -0.05) is 56.0 Å². The van der Waals surface area contributed by atoms with Crippen molar-refractivity contribution < 1.29 is 29.0 Å². The molecule has 0 saturated carbocycles. The Morgan fingerprint density at radius 3 is 2.29 bits per heavy atom. The van der Waals surface area contributed by atoms with Gasteiger partial charge in [-0.3, -0.25) is 14.4 Å². The van der Waals surface area contributed by atoms with Crippen molar-refractivity contribution in [3.63, 3.8) is 0 Å². The number of nitrogens with zero attached hydrogens (tertiary/aromatic N) is 3. The van der Waals surface area contributed by atoms with Crippen molar-refractivity contribution in [2.75, 3.05) is 42.6 Å². The maximum Gasteiger partial charge on any atom is 0.313 e. The number of carbonyl (C=O) groups excluding carboxylic acids is 3. The van der Waals surface area contributed by atoms with Crippen molar-refractivity contribution >= 4 is 29.2 Å². The second-order valence-electron chi connectivity index (χ2n) is 12.0. The highest BCUT2D eigenvalue weighted by atomic mass is 16.6. The monoisotopic (exact) mass is 615 g/mol. The Morgan fingerprint density at radius 2 is 1.71 bits per heavy atom. The third kappa shape index (κ3) is 5.25. The molecule has 3 aliphatic rings. The van der Waals surface area contributed by atoms with E-state index in [0.717, 1.165) is 18.8 Å². The molecule has 2 amide bonds. The number of rotatable bonds is 14. The number of ether oxygens (including phenoxy) is 2. The van der Waals surface area contributed by atoms with E-state index in [1.807, 2.05) is 61.5 Å². The van der Waals surface area contributed by atoms with E-state index in [-0.39, 0.29) is 25.0 Å². The van der Waals surface area contributed by atoms with Gasteiger partial charge in [-0.15, -0.1) is 6.58 Å². The van der Waals surface area contributed by atoms with E-state index in [2.05, 4.69) is 31.9 Å². The zero-order chi connectivity index (χ0) is 32.4. The molecule has 240 valence electrons. The van der Waals surface area contributed by atoms with Crippen molar-refractivity contribution in [1.82, 2.24) is 4.90 Å². The summed E-state index contributed by atoms with van der Waals surface area (Å²) in [6.45, 7) is 15.2. The van der Waals surface area contributed by atoms with Gasteiger partial charge in [-0.25, -0.2) is 0 Å². The molecule has 9 nitrogen and oxygen atoms in total. The van der Waals surface area contributed by atoms with Gasteiger partial charge in [0.1, 0.15) is 24.2 Å². The Labute approximate surface area is 266 Å². The predicted octanol–water partition coefficient (Wildman–Crippen LogP) is 4.67. The summed E-state index contributed by atoms with van der Waals surface area (Å²) in [6.07, 6.45) is 4.56. The molecule has 2 aromatic rings. The predicted molar refractivity (Wildman–Crippen MR) is 174 cm³/mol. The lowest BCUT2D eigenvalue weighted by Gasteiger charge is -2.39. The van der Waals surface area contributed by atoms with Crippen LogP contribution >= 0.6 is 0 Å². The molecule has 3 saturated heterocycles. The van der Waals surface area contributed by atoms with Crippen LogP contribution < -0.4 is 9.80 Å². The molecule has 0 radical (unpaired) electrons. The molecule has 6 atom stereocenters. The average Bonchev–Trinajstić information content (AvgIpc) is 3.68. The number of anilines is 2. The molecule has 45 heavy (non-hydrogen) atoms. The van der Waals surface area contributed by atoms with Crippen LogP contribution in [0.25, 0.3) is 0 Å². The Bertz CT molecular complexity index is 1410. The zero-order valence-corrected chi connectivity index (χ0v) is 26.6. The minimum atomic E-state index is -1.27. The number of fused-ring (bicyclic) bond motifs is 1. The van der Waals surface area contributed by atoms with Crippen LogP contribution in [0.4, 0.5) is 11.4 Å². The first-order valence-electron chi connectivity index (χ1n) is 16.0. The molecule has 1 spiro atoms. The summed E-state index contributed by atoms with van der Waals surface area (Å²) in [7, 11) is 0. The quantitative estimate of drug-likeness (QED) is 0.244. The van der Waals surface area contributed by atoms with Gasteiger partial charge in [-0.05, 0) is 62.9 Å². The number of aliphatic hydroxyl groups excluding tert-OH is 1. The lowest BCUT2D eigenvalue weighted by molar-refractivity contribution is -0.161. The highest BCUT2D eigenvalue weighted by Gasteiger charge is 2.79. The summed E-state index contributed by atoms with van der Waals surface area (Å²) in [5.41, 5.74) is 0.179. The molecule has 5 rings (SSSR count). The van der Waals surface area contributed by atoms with Crippen LogP contribution in [0, 0.1) is 11.8 Å². The van der Waals surface area contributed by atoms with Gasteiger partial charge in [0.05, 0.1) is 24.2 Å². The first-order chi connectivity index (χ1) is 21.8. The Kier molecular flexibility index (Phi) is 9.51. The molecule has 1 N–H and O–H groups in total. The molecule has 0 aliphatic carbocycles. The molecule has 9 heteroatoms. The van der Waals surface area contributed by atoms with Gasteiger partial charge in [-0.2, -0.15) is 0 Å². The van der Waals surface area contributed by atoms with Crippen LogP contribution in [-0.2, 0) is 23.9 Å². The highest BCUT2D eigenvalue weighted by molar-refractivity contribution is 6.05. The minimum Gasteiger partial charge on any atom is -0.461 e. The molecule has 3 heterocycles. The van der Waals surface area contributed by atoms with Gasteiger partial charge in [0.15, 0.2) is 0 Å². The number of aliphatic hydroxyl groups is 1. The number of amides is 2. The van der Waals surface area contributed by atoms with Crippen molar-refractivity contribution in [3.8, 4) is 0 Å². The summed E-state index contributed by atoms with van der Waals surface area (Å²) in [5, 5.41) is 10.8. The molecular formula is C36H45N3O6. The van der Waals surface area contributed by atoms with Crippen molar-refractivity contribution in [2.45, 2.75) is 63.3 Å². The van der Waals surface area contributed by atoms with Crippen LogP contribution in [0.1, 0.15) is 51.6 Å². The molecule has 3 aliphatic heterocycles. The Hall–Kier alpha value is -3.95. The van der Waals surface area contributed by atoms with Crippen molar-refractivity contribution in [1.29, 1.82) is 0 Å². The summed E-state index contributed by atoms with van der Waals surface area (Å²) >= 11 is 0. The van der Waals surface area contributed by atoms with Gasteiger partial charge in [0.2, 0.25) is 5.91 Å². The molecule has 3 fully saturated rings. The van der Waals surface area contributed by atoms with E-state index in [9.17, 15) is 14.7 Å². The summed E-state index contributed by atoms with van der Waals surface area (Å²) in [5.74, 6) is -3.09. The van der Waals surface area contributed by atoms with Gasteiger partial charge < -0.3 is 29.3 Å². The number of esters is 1. The molecule has 2 aromatic carbocycles. The first kappa shape index (κ1) is 32.4. The van der Waals surface area contributed by atoms with E-state index < -0.39 is 47.7 Å². The SMILES string of the molecule is C=CCOC(=O)[C@H]1[C@H]2C(=O)N([C@H](CO)c3ccccc3)C(C(=O)N(CC=C)c3ccc(N(CC)CC)cc3)C23CC[C@]1(CC)O3. The fraction of sp³-hybridized carbons (Fsp3) is 0.472. The van der Waals surface area contributed by atoms with E-state index in [0.29, 0.717) is 30.5 Å². The lowest BCUT2D eigenvalue weighted by Crippen LogP contribution is -2.57. The van der Waals surface area contributed by atoms with Crippen molar-refractivity contribution in [3.05, 3.63) is 85.5 Å². The van der Waals surface area contributed by atoms with E-state index in [1.165, 1.54) is 11.0 Å². The van der Waals surface area contributed by atoms with Crippen molar-refractivity contribution in [2.24, 2.45) is 11.8 Å². The maximum absolute atomic E-state index is 15.0. The number of benzene rings is 2. The maximum atomic E-state index is 15.0. The van der Waals surface area contributed by atoms with Crippen LogP contribution in [-0.4, -0.2) is 77.9 Å². The van der Waals surface area contributed by atoms with Crippen LogP contribution in [0.3, 0.4) is 0 Å². The van der Waals surface area contributed by atoms with E-state index in [4.69, 9.17) is 9.47 Å². The van der Waals surface area contributed by atoms with Crippen LogP contribution in [0.5, 0.6) is 0 Å².